The van der Waals surface area contributed by atoms with Crippen LogP contribution < -0.4 is 5.32 Å². The Morgan fingerprint density at radius 2 is 1.62 bits per heavy atom. The Labute approximate surface area is 187 Å². The van der Waals surface area contributed by atoms with E-state index < -0.39 is 33.2 Å². The number of amides is 1. The van der Waals surface area contributed by atoms with Crippen molar-refractivity contribution in [1.82, 2.24) is 0 Å². The van der Waals surface area contributed by atoms with E-state index in [0.717, 1.165) is 18.9 Å². The molecule has 0 saturated heterocycles. The van der Waals surface area contributed by atoms with Crippen molar-refractivity contribution >= 4 is 38.8 Å². The number of halogens is 4. The molecule has 2 bridgehead atoms. The molecule has 0 heterocycles. The summed E-state index contributed by atoms with van der Waals surface area (Å²) in [5, 5.41) is 2.16. The maximum Gasteiger partial charge on any atom is 0.255 e. The largest absolute Gasteiger partial charge is 0.322 e. The summed E-state index contributed by atoms with van der Waals surface area (Å²) in [5.74, 6) is -5.54. The first-order valence-electron chi connectivity index (χ1n) is 10.0. The van der Waals surface area contributed by atoms with Gasteiger partial charge in [0.05, 0.1) is 15.7 Å². The molecule has 10 heteroatoms. The maximum atomic E-state index is 13.4. The Balaban J connectivity index is 1.57. The molecule has 170 valence electrons. The Morgan fingerprint density at radius 3 is 2.22 bits per heavy atom. The Hall–Kier alpha value is -2.39. The molecular weight excluding hydrogens is 467 g/mol. The number of ketones is 1. The van der Waals surface area contributed by atoms with Crippen molar-refractivity contribution in [2.24, 2.45) is 17.8 Å². The maximum absolute atomic E-state index is 13.4. The van der Waals surface area contributed by atoms with Gasteiger partial charge in [-0.05, 0) is 48.8 Å². The molecule has 5 nitrogen and oxygen atoms in total. The third-order valence-electron chi connectivity index (χ3n) is 6.28. The van der Waals surface area contributed by atoms with Crippen molar-refractivity contribution in [2.45, 2.75) is 30.6 Å². The predicted molar refractivity (Wildman–Crippen MR) is 112 cm³/mol. The van der Waals surface area contributed by atoms with E-state index in [1.165, 1.54) is 12.1 Å². The number of sulfone groups is 1. The van der Waals surface area contributed by atoms with E-state index in [2.05, 4.69) is 5.32 Å². The SMILES string of the molecule is O=C1CC2CC[C@@H](C1)[C@@H]2CS(=O)(=O)c1cc(C(=O)Nc2cc(F)c(F)c(F)c2)ccc1Cl. The second-order valence-electron chi connectivity index (χ2n) is 8.34. The van der Waals surface area contributed by atoms with Gasteiger partial charge in [0, 0.05) is 36.2 Å². The first kappa shape index (κ1) is 22.8. The smallest absolute Gasteiger partial charge is 0.255 e. The molecule has 2 saturated carbocycles. The topological polar surface area (TPSA) is 80.3 Å². The lowest BCUT2D eigenvalue weighted by Crippen LogP contribution is -2.31. The molecule has 0 aromatic heterocycles. The van der Waals surface area contributed by atoms with E-state index in [9.17, 15) is 31.2 Å². The lowest BCUT2D eigenvalue weighted by molar-refractivity contribution is -0.122. The van der Waals surface area contributed by atoms with Crippen LogP contribution in [-0.4, -0.2) is 25.9 Å². The minimum Gasteiger partial charge on any atom is -0.322 e. The van der Waals surface area contributed by atoms with Gasteiger partial charge < -0.3 is 5.32 Å². The van der Waals surface area contributed by atoms with Crippen LogP contribution in [0.5, 0.6) is 0 Å². The third-order valence-corrected chi connectivity index (χ3v) is 8.55. The first-order valence-corrected chi connectivity index (χ1v) is 12.1. The second-order valence-corrected chi connectivity index (χ2v) is 10.8. The van der Waals surface area contributed by atoms with Crippen LogP contribution in [0.2, 0.25) is 5.02 Å². The molecule has 4 rings (SSSR count). The number of hydrogen-bond acceptors (Lipinski definition) is 4. The van der Waals surface area contributed by atoms with E-state index in [1.807, 2.05) is 0 Å². The van der Waals surface area contributed by atoms with Crippen molar-refractivity contribution in [3.63, 3.8) is 0 Å². The highest BCUT2D eigenvalue weighted by Gasteiger charge is 2.44. The summed E-state index contributed by atoms with van der Waals surface area (Å²) in [4.78, 5) is 24.1. The zero-order valence-electron chi connectivity index (χ0n) is 16.7. The lowest BCUT2D eigenvalue weighted by atomic mass is 9.79. The van der Waals surface area contributed by atoms with Crippen LogP contribution in [0.1, 0.15) is 36.0 Å². The molecule has 2 aromatic carbocycles. The van der Waals surface area contributed by atoms with Crippen LogP contribution >= 0.6 is 11.6 Å². The zero-order valence-corrected chi connectivity index (χ0v) is 18.3. The van der Waals surface area contributed by atoms with E-state index in [4.69, 9.17) is 11.6 Å². The van der Waals surface area contributed by atoms with Crippen LogP contribution in [-0.2, 0) is 14.6 Å². The summed E-state index contributed by atoms with van der Waals surface area (Å²) in [5.41, 5.74) is -0.422. The molecule has 2 aliphatic carbocycles. The summed E-state index contributed by atoms with van der Waals surface area (Å²) in [6, 6.07) is 4.87. The number of rotatable bonds is 5. The van der Waals surface area contributed by atoms with Crippen molar-refractivity contribution in [2.75, 3.05) is 11.1 Å². The van der Waals surface area contributed by atoms with Crippen molar-refractivity contribution in [3.05, 3.63) is 58.4 Å². The summed E-state index contributed by atoms with van der Waals surface area (Å²) in [6.07, 6.45) is 2.41. The summed E-state index contributed by atoms with van der Waals surface area (Å²) < 4.78 is 66.2. The number of Topliss-reactive ketones (excluding diaryl/α,β-unsaturated/α-hetero) is 1. The van der Waals surface area contributed by atoms with E-state index in [0.29, 0.717) is 25.0 Å². The molecular formula is C22H19ClF3NO4S. The number of benzene rings is 2. The Bertz CT molecular complexity index is 1180. The van der Waals surface area contributed by atoms with Crippen LogP contribution in [0.25, 0.3) is 0 Å². The van der Waals surface area contributed by atoms with Gasteiger partial charge in [-0.1, -0.05) is 11.6 Å². The Morgan fingerprint density at radius 1 is 1.03 bits per heavy atom. The molecule has 2 aromatic rings. The van der Waals surface area contributed by atoms with Crippen molar-refractivity contribution < 1.29 is 31.2 Å². The molecule has 2 aliphatic rings. The first-order chi connectivity index (χ1) is 15.0. The predicted octanol–water partition coefficient (Wildman–Crippen LogP) is 4.79. The van der Waals surface area contributed by atoms with Gasteiger partial charge in [-0.15, -0.1) is 0 Å². The normalized spacial score (nSPS) is 22.8. The van der Waals surface area contributed by atoms with Crippen molar-refractivity contribution in [1.29, 1.82) is 0 Å². The van der Waals surface area contributed by atoms with Crippen LogP contribution in [0, 0.1) is 35.2 Å². The van der Waals surface area contributed by atoms with Gasteiger partial charge in [0.15, 0.2) is 27.3 Å². The second kappa shape index (κ2) is 8.51. The molecule has 2 fully saturated rings. The molecule has 3 atom stereocenters. The molecule has 1 unspecified atom stereocenters. The highest BCUT2D eigenvalue weighted by Crippen LogP contribution is 2.46. The van der Waals surface area contributed by atoms with Gasteiger partial charge in [0.1, 0.15) is 5.78 Å². The number of carbonyl (C=O) groups excluding carboxylic acids is 2. The molecule has 1 N–H and O–H groups in total. The monoisotopic (exact) mass is 485 g/mol. The summed E-state index contributed by atoms with van der Waals surface area (Å²) in [6.45, 7) is 0. The number of nitrogens with one attached hydrogen (secondary N) is 1. The average molecular weight is 486 g/mol. The van der Waals surface area contributed by atoms with Gasteiger partial charge in [0.25, 0.3) is 5.91 Å². The number of anilines is 1. The van der Waals surface area contributed by atoms with Gasteiger partial charge in [-0.3, -0.25) is 9.59 Å². The zero-order chi connectivity index (χ0) is 23.2. The van der Waals surface area contributed by atoms with Gasteiger partial charge in [-0.25, -0.2) is 21.6 Å². The molecule has 0 spiro atoms. The molecule has 0 radical (unpaired) electrons. The van der Waals surface area contributed by atoms with Gasteiger partial charge in [0.2, 0.25) is 0 Å². The van der Waals surface area contributed by atoms with Crippen LogP contribution in [0.15, 0.2) is 35.2 Å². The molecule has 1 amide bonds. The van der Waals surface area contributed by atoms with E-state index >= 15 is 0 Å². The number of carbonyl (C=O) groups is 2. The fourth-order valence-corrected chi connectivity index (χ4v) is 7.12. The van der Waals surface area contributed by atoms with Crippen LogP contribution in [0.3, 0.4) is 0 Å². The minimum atomic E-state index is -3.87. The van der Waals surface area contributed by atoms with Crippen LogP contribution in [0.4, 0.5) is 18.9 Å². The average Bonchev–Trinajstić information content (AvgIpc) is 2.94. The number of hydrogen-bond donors (Lipinski definition) is 1. The molecule has 0 aliphatic heterocycles. The molecule has 32 heavy (non-hydrogen) atoms. The number of fused-ring (bicyclic) bond motifs is 2. The fourth-order valence-electron chi connectivity index (χ4n) is 4.75. The summed E-state index contributed by atoms with van der Waals surface area (Å²) >= 11 is 6.13. The highest BCUT2D eigenvalue weighted by atomic mass is 35.5. The Kier molecular flexibility index (Phi) is 6.06. The lowest BCUT2D eigenvalue weighted by Gasteiger charge is -2.29. The van der Waals surface area contributed by atoms with E-state index in [-0.39, 0.29) is 50.5 Å². The van der Waals surface area contributed by atoms with Crippen molar-refractivity contribution in [3.8, 4) is 0 Å². The fraction of sp³-hybridized carbons (Fsp3) is 0.364. The standard InChI is InChI=1S/C22H19ClF3NO4S/c23-17-4-3-13(22(29)27-14-8-18(24)21(26)19(25)9-14)7-20(17)32(30,31)10-16-11-1-2-12(16)6-15(28)5-11/h3-4,7-9,11-12,16H,1-2,5-6,10H2,(H,27,29)/t11-,12?,16-/m0/s1. The van der Waals surface area contributed by atoms with Gasteiger partial charge >= 0.3 is 0 Å². The minimum absolute atomic E-state index is 0.0320. The highest BCUT2D eigenvalue weighted by molar-refractivity contribution is 7.91. The van der Waals surface area contributed by atoms with E-state index in [1.54, 1.807) is 0 Å². The summed E-state index contributed by atoms with van der Waals surface area (Å²) in [7, 11) is -3.87. The third kappa shape index (κ3) is 4.41. The quantitative estimate of drug-likeness (QED) is 0.617. The van der Waals surface area contributed by atoms with Gasteiger partial charge in [-0.2, -0.15) is 0 Å².